The van der Waals surface area contributed by atoms with Gasteiger partial charge in [-0.1, -0.05) is 48.0 Å². The summed E-state index contributed by atoms with van der Waals surface area (Å²) in [4.78, 5) is 13.2. The molecule has 3 aromatic rings. The number of rotatable bonds is 3. The predicted octanol–water partition coefficient (Wildman–Crippen LogP) is 5.00. The molecule has 0 amide bonds. The van der Waals surface area contributed by atoms with E-state index in [0.717, 1.165) is 22.6 Å². The van der Waals surface area contributed by atoms with E-state index in [1.165, 1.54) is 6.07 Å². The summed E-state index contributed by atoms with van der Waals surface area (Å²) in [5.74, 6) is 0.763. The average molecular weight is 346 g/mol. The Morgan fingerprint density at radius 1 is 1.00 bits per heavy atom. The van der Waals surface area contributed by atoms with E-state index in [1.54, 1.807) is 18.2 Å². The molecular weight excluding hydrogens is 328 g/mol. The van der Waals surface area contributed by atoms with Crippen LogP contribution in [0, 0.1) is 17.0 Å². The van der Waals surface area contributed by atoms with E-state index in [-0.39, 0.29) is 10.6 Å². The van der Waals surface area contributed by atoms with Crippen molar-refractivity contribution in [3.8, 4) is 5.75 Å². The number of benzene rings is 3. The highest BCUT2D eigenvalue weighted by Crippen LogP contribution is 2.40. The number of hydrogen-bond donors (Lipinski definition) is 0. The molecule has 26 heavy (non-hydrogen) atoms. The highest BCUT2D eigenvalue weighted by atomic mass is 16.6. The van der Waals surface area contributed by atoms with Crippen molar-refractivity contribution >= 4 is 11.4 Å². The van der Waals surface area contributed by atoms with Gasteiger partial charge >= 0.3 is 0 Å². The van der Waals surface area contributed by atoms with Crippen molar-refractivity contribution in [3.05, 3.63) is 99.6 Å². The monoisotopic (exact) mass is 346 g/mol. The summed E-state index contributed by atoms with van der Waals surface area (Å²) in [7, 11) is 0. The molecule has 1 aliphatic heterocycles. The molecule has 0 saturated heterocycles. The molecule has 0 aromatic heterocycles. The molecule has 0 N–H and O–H groups in total. The van der Waals surface area contributed by atoms with Gasteiger partial charge in [0.2, 0.25) is 6.23 Å². The largest absolute Gasteiger partial charge is 0.466 e. The van der Waals surface area contributed by atoms with Crippen LogP contribution in [0.5, 0.6) is 5.75 Å². The first-order chi connectivity index (χ1) is 12.6. The van der Waals surface area contributed by atoms with Crippen LogP contribution in [0.25, 0.3) is 0 Å². The summed E-state index contributed by atoms with van der Waals surface area (Å²) in [6.07, 6.45) is -0.561. The first-order valence-corrected chi connectivity index (χ1v) is 8.44. The normalized spacial score (nSPS) is 15.9. The molecule has 0 saturated carbocycles. The summed E-state index contributed by atoms with van der Waals surface area (Å²) >= 11 is 0. The number of hydrogen-bond acceptors (Lipinski definition) is 4. The molecule has 1 unspecified atom stereocenters. The molecule has 3 aromatic carbocycles. The van der Waals surface area contributed by atoms with Gasteiger partial charge in [0.15, 0.2) is 0 Å². The highest BCUT2D eigenvalue weighted by Gasteiger charge is 2.33. The Balaban J connectivity index is 1.84. The van der Waals surface area contributed by atoms with Gasteiger partial charge in [0.25, 0.3) is 5.69 Å². The van der Waals surface area contributed by atoms with Crippen molar-refractivity contribution in [1.29, 1.82) is 0 Å². The van der Waals surface area contributed by atoms with Gasteiger partial charge in [-0.3, -0.25) is 10.1 Å². The van der Waals surface area contributed by atoms with E-state index in [9.17, 15) is 10.1 Å². The molecule has 0 spiro atoms. The summed E-state index contributed by atoms with van der Waals surface area (Å²) in [6, 6.07) is 22.7. The Morgan fingerprint density at radius 2 is 1.69 bits per heavy atom. The fourth-order valence-corrected chi connectivity index (χ4v) is 3.26. The van der Waals surface area contributed by atoms with Crippen LogP contribution in [-0.4, -0.2) is 4.92 Å². The zero-order valence-electron chi connectivity index (χ0n) is 14.3. The minimum atomic E-state index is -0.561. The number of aryl methyl sites for hydroxylation is 1. The summed E-state index contributed by atoms with van der Waals surface area (Å²) < 4.78 is 6.23. The number of ether oxygens (including phenoxy) is 1. The van der Waals surface area contributed by atoms with Gasteiger partial charge in [-0.15, -0.1) is 0 Å². The van der Waals surface area contributed by atoms with Gasteiger partial charge in [0.05, 0.1) is 17.0 Å². The highest BCUT2D eigenvalue weighted by molar-refractivity contribution is 5.55. The van der Waals surface area contributed by atoms with E-state index >= 15 is 0 Å². The quantitative estimate of drug-likeness (QED) is 0.494. The number of nitro groups is 1. The molecule has 130 valence electrons. The second-order valence-electron chi connectivity index (χ2n) is 6.36. The van der Waals surface area contributed by atoms with Crippen molar-refractivity contribution in [3.63, 3.8) is 0 Å². The van der Waals surface area contributed by atoms with Gasteiger partial charge in [0, 0.05) is 17.3 Å². The van der Waals surface area contributed by atoms with Crippen molar-refractivity contribution in [1.82, 2.24) is 0 Å². The zero-order valence-corrected chi connectivity index (χ0v) is 14.3. The Bertz CT molecular complexity index is 953. The molecule has 0 fully saturated rings. The maximum Gasteiger partial charge on any atom is 0.278 e. The lowest BCUT2D eigenvalue weighted by atomic mass is 10.1. The van der Waals surface area contributed by atoms with Crippen LogP contribution in [0.4, 0.5) is 11.4 Å². The molecule has 4 rings (SSSR count). The number of anilines is 1. The Kier molecular flexibility index (Phi) is 4.05. The third-order valence-corrected chi connectivity index (χ3v) is 4.60. The fraction of sp³-hybridized carbons (Fsp3) is 0.143. The van der Waals surface area contributed by atoms with Crippen LogP contribution in [0.1, 0.15) is 22.9 Å². The molecule has 1 heterocycles. The molecule has 0 radical (unpaired) electrons. The fourth-order valence-electron chi connectivity index (χ4n) is 3.26. The molecule has 5 heteroatoms. The Labute approximate surface area is 151 Å². The first-order valence-electron chi connectivity index (χ1n) is 8.44. The van der Waals surface area contributed by atoms with Crippen molar-refractivity contribution in [2.75, 3.05) is 4.90 Å². The average Bonchev–Trinajstić information content (AvgIpc) is 2.67. The molecule has 0 bridgehead atoms. The standard InChI is InChI=1S/C21H18N2O3/c1-15-10-12-17(13-11-15)22-14-16-6-2-5-9-20(16)26-21(22)18-7-3-4-8-19(18)23(24)25/h2-13,21H,14H2,1H3. The third kappa shape index (κ3) is 2.88. The second-order valence-corrected chi connectivity index (χ2v) is 6.36. The van der Waals surface area contributed by atoms with Crippen molar-refractivity contribution in [2.45, 2.75) is 19.7 Å². The van der Waals surface area contributed by atoms with E-state index in [4.69, 9.17) is 4.74 Å². The van der Waals surface area contributed by atoms with E-state index in [1.807, 2.05) is 55.5 Å². The number of nitrogens with zero attached hydrogens (tertiary/aromatic N) is 2. The van der Waals surface area contributed by atoms with Crippen molar-refractivity contribution < 1.29 is 9.66 Å². The second kappa shape index (κ2) is 6.52. The van der Waals surface area contributed by atoms with Gasteiger partial charge in [-0.25, -0.2) is 0 Å². The van der Waals surface area contributed by atoms with Crippen molar-refractivity contribution in [2.24, 2.45) is 0 Å². The molecule has 0 aliphatic carbocycles. The van der Waals surface area contributed by atoms with Crippen LogP contribution in [0.2, 0.25) is 0 Å². The Morgan fingerprint density at radius 3 is 2.46 bits per heavy atom. The SMILES string of the molecule is Cc1ccc(N2Cc3ccccc3OC2c2ccccc2[N+](=O)[O-])cc1. The van der Waals surface area contributed by atoms with Gasteiger partial charge < -0.3 is 9.64 Å². The molecule has 5 nitrogen and oxygen atoms in total. The lowest BCUT2D eigenvalue weighted by Crippen LogP contribution is -2.36. The smallest absolute Gasteiger partial charge is 0.278 e. The van der Waals surface area contributed by atoms with Gasteiger partial charge in [0.1, 0.15) is 5.75 Å². The van der Waals surface area contributed by atoms with Gasteiger partial charge in [-0.05, 0) is 31.2 Å². The molecular formula is C21H18N2O3. The van der Waals surface area contributed by atoms with Crippen LogP contribution in [0.15, 0.2) is 72.8 Å². The maximum atomic E-state index is 11.5. The topological polar surface area (TPSA) is 55.6 Å². The van der Waals surface area contributed by atoms with E-state index in [2.05, 4.69) is 4.90 Å². The lowest BCUT2D eigenvalue weighted by molar-refractivity contribution is -0.386. The maximum absolute atomic E-state index is 11.5. The minimum absolute atomic E-state index is 0.0639. The van der Waals surface area contributed by atoms with E-state index in [0.29, 0.717) is 12.1 Å². The van der Waals surface area contributed by atoms with Gasteiger partial charge in [-0.2, -0.15) is 0 Å². The Hall–Kier alpha value is -3.34. The lowest BCUT2D eigenvalue weighted by Gasteiger charge is -2.38. The zero-order chi connectivity index (χ0) is 18.1. The molecule has 1 aliphatic rings. The van der Waals surface area contributed by atoms with Crippen LogP contribution < -0.4 is 9.64 Å². The number of fused-ring (bicyclic) bond motifs is 1. The predicted molar refractivity (Wildman–Crippen MR) is 100 cm³/mol. The summed E-state index contributed by atoms with van der Waals surface area (Å²) in [5, 5.41) is 11.5. The molecule has 1 atom stereocenters. The van der Waals surface area contributed by atoms with Crippen LogP contribution in [-0.2, 0) is 6.54 Å². The minimum Gasteiger partial charge on any atom is -0.466 e. The summed E-state index contributed by atoms with van der Waals surface area (Å²) in [6.45, 7) is 2.65. The first kappa shape index (κ1) is 16.1. The van der Waals surface area contributed by atoms with E-state index < -0.39 is 6.23 Å². The third-order valence-electron chi connectivity index (χ3n) is 4.60. The van der Waals surface area contributed by atoms with Crippen LogP contribution >= 0.6 is 0 Å². The van der Waals surface area contributed by atoms with Crippen LogP contribution in [0.3, 0.4) is 0 Å². The summed E-state index contributed by atoms with van der Waals surface area (Å²) in [5.41, 5.74) is 3.80. The number of nitro benzene ring substituents is 1. The number of para-hydroxylation sites is 2.